The third kappa shape index (κ3) is 5.88. The number of primary amides is 1. The van der Waals surface area contributed by atoms with Crippen LogP contribution in [0.5, 0.6) is 17.2 Å². The van der Waals surface area contributed by atoms with E-state index in [1.165, 1.54) is 13.3 Å². The maximum atomic E-state index is 12.1. The number of hydrazone groups is 1. The van der Waals surface area contributed by atoms with Crippen molar-refractivity contribution in [1.82, 2.24) is 5.43 Å². The molecule has 0 spiro atoms. The van der Waals surface area contributed by atoms with Crippen LogP contribution in [0.25, 0.3) is 0 Å². The number of carbonyl (C=O) groups is 2. The summed E-state index contributed by atoms with van der Waals surface area (Å²) in [5, 5.41) is 4.14. The first-order chi connectivity index (χ1) is 13.4. The van der Waals surface area contributed by atoms with Crippen LogP contribution in [0.1, 0.15) is 22.8 Å². The van der Waals surface area contributed by atoms with Crippen LogP contribution in [0.4, 0.5) is 0 Å². The molecule has 0 unspecified atom stereocenters. The molecule has 2 amide bonds. The van der Waals surface area contributed by atoms with Gasteiger partial charge in [-0.3, -0.25) is 9.59 Å². The molecule has 2 aromatic carbocycles. The topological polar surface area (TPSA) is 112 Å². The highest BCUT2D eigenvalue weighted by atomic mass is 35.5. The molecule has 0 heterocycles. The summed E-state index contributed by atoms with van der Waals surface area (Å²) in [6, 6.07) is 9.85. The van der Waals surface area contributed by atoms with E-state index in [2.05, 4.69) is 10.5 Å². The molecule has 0 atom stereocenters. The van der Waals surface area contributed by atoms with Gasteiger partial charge < -0.3 is 19.9 Å². The number of nitrogens with zero attached hydrogens (tertiary/aromatic N) is 1. The highest BCUT2D eigenvalue weighted by Crippen LogP contribution is 2.36. The molecule has 8 nitrogen and oxygen atoms in total. The molecule has 0 fully saturated rings. The van der Waals surface area contributed by atoms with E-state index in [1.807, 2.05) is 0 Å². The first kappa shape index (κ1) is 21.0. The fourth-order valence-electron chi connectivity index (χ4n) is 2.20. The van der Waals surface area contributed by atoms with E-state index in [1.54, 1.807) is 43.3 Å². The predicted molar refractivity (Wildman–Crippen MR) is 105 cm³/mol. The highest BCUT2D eigenvalue weighted by Gasteiger charge is 2.13. The third-order valence-corrected chi connectivity index (χ3v) is 3.68. The summed E-state index contributed by atoms with van der Waals surface area (Å²) in [6.45, 7) is 1.82. The lowest BCUT2D eigenvalue weighted by molar-refractivity contribution is -0.119. The Balaban J connectivity index is 2.13. The van der Waals surface area contributed by atoms with Crippen LogP contribution >= 0.6 is 11.6 Å². The fourth-order valence-corrected chi connectivity index (χ4v) is 2.48. The van der Waals surface area contributed by atoms with Gasteiger partial charge >= 0.3 is 0 Å². The number of hydrogen-bond donors (Lipinski definition) is 2. The summed E-state index contributed by atoms with van der Waals surface area (Å²) in [7, 11) is 1.52. The van der Waals surface area contributed by atoms with Crippen molar-refractivity contribution < 1.29 is 23.8 Å². The number of ether oxygens (including phenoxy) is 3. The Morgan fingerprint density at radius 3 is 2.71 bits per heavy atom. The maximum Gasteiger partial charge on any atom is 0.271 e. The van der Waals surface area contributed by atoms with E-state index in [0.29, 0.717) is 29.2 Å². The SMILES string of the molecule is CCOc1cc(/C=N/NC(=O)c2cccc(OC)c2)cc(Cl)c1OCC(N)=O. The molecule has 3 N–H and O–H groups in total. The van der Waals surface area contributed by atoms with Gasteiger partial charge in [0.1, 0.15) is 5.75 Å². The van der Waals surface area contributed by atoms with Gasteiger partial charge in [0.05, 0.1) is 25.0 Å². The number of rotatable bonds is 9. The molecule has 0 aliphatic rings. The van der Waals surface area contributed by atoms with Gasteiger partial charge in [0.25, 0.3) is 11.8 Å². The molecule has 2 rings (SSSR count). The molecule has 0 bridgehead atoms. The van der Waals surface area contributed by atoms with Crippen LogP contribution in [0.3, 0.4) is 0 Å². The Bertz CT molecular complexity index is 886. The van der Waals surface area contributed by atoms with Crippen molar-refractivity contribution in [2.24, 2.45) is 10.8 Å². The van der Waals surface area contributed by atoms with Gasteiger partial charge in [-0.15, -0.1) is 0 Å². The van der Waals surface area contributed by atoms with Crippen molar-refractivity contribution in [3.63, 3.8) is 0 Å². The van der Waals surface area contributed by atoms with Gasteiger partial charge in [0.2, 0.25) is 0 Å². The number of hydrogen-bond acceptors (Lipinski definition) is 6. The molecule has 9 heteroatoms. The average Bonchev–Trinajstić information content (AvgIpc) is 2.67. The van der Waals surface area contributed by atoms with E-state index in [-0.39, 0.29) is 17.4 Å². The van der Waals surface area contributed by atoms with Crippen molar-refractivity contribution in [3.05, 3.63) is 52.5 Å². The lowest BCUT2D eigenvalue weighted by Gasteiger charge is -2.13. The third-order valence-electron chi connectivity index (χ3n) is 3.40. The van der Waals surface area contributed by atoms with Crippen LogP contribution in [-0.4, -0.2) is 38.4 Å². The zero-order chi connectivity index (χ0) is 20.5. The monoisotopic (exact) mass is 405 g/mol. The predicted octanol–water partition coefficient (Wildman–Crippen LogP) is 2.38. The van der Waals surface area contributed by atoms with Crippen LogP contribution in [0, 0.1) is 0 Å². The van der Waals surface area contributed by atoms with E-state index in [9.17, 15) is 9.59 Å². The molecule has 0 saturated heterocycles. The van der Waals surface area contributed by atoms with Crippen molar-refractivity contribution in [2.45, 2.75) is 6.92 Å². The minimum atomic E-state index is -0.635. The number of nitrogens with one attached hydrogen (secondary N) is 1. The Morgan fingerprint density at radius 2 is 2.04 bits per heavy atom. The number of amides is 2. The highest BCUT2D eigenvalue weighted by molar-refractivity contribution is 6.32. The fraction of sp³-hybridized carbons (Fsp3) is 0.211. The molecule has 0 aromatic heterocycles. The smallest absolute Gasteiger partial charge is 0.271 e. The summed E-state index contributed by atoms with van der Waals surface area (Å²) < 4.78 is 15.9. The second kappa shape index (κ2) is 10.2. The van der Waals surface area contributed by atoms with E-state index >= 15 is 0 Å². The molecule has 0 aliphatic carbocycles. The lowest BCUT2D eigenvalue weighted by atomic mass is 10.2. The number of halogens is 1. The van der Waals surface area contributed by atoms with Gasteiger partial charge in [-0.1, -0.05) is 17.7 Å². The zero-order valence-corrected chi connectivity index (χ0v) is 16.2. The first-order valence-electron chi connectivity index (χ1n) is 8.29. The average molecular weight is 406 g/mol. The lowest BCUT2D eigenvalue weighted by Crippen LogP contribution is -2.20. The van der Waals surface area contributed by atoms with Crippen molar-refractivity contribution >= 4 is 29.6 Å². The van der Waals surface area contributed by atoms with Crippen LogP contribution in [0.15, 0.2) is 41.5 Å². The Labute approximate surface area is 167 Å². The second-order valence-electron chi connectivity index (χ2n) is 5.45. The van der Waals surface area contributed by atoms with E-state index in [0.717, 1.165) is 0 Å². The van der Waals surface area contributed by atoms with Crippen molar-refractivity contribution in [3.8, 4) is 17.2 Å². The molecular formula is C19H20ClN3O5. The number of benzene rings is 2. The van der Waals surface area contributed by atoms with Crippen LogP contribution in [0.2, 0.25) is 5.02 Å². The largest absolute Gasteiger partial charge is 0.497 e. The van der Waals surface area contributed by atoms with Gasteiger partial charge in [-0.25, -0.2) is 5.43 Å². The molecule has 28 heavy (non-hydrogen) atoms. The second-order valence-corrected chi connectivity index (χ2v) is 5.86. The Hall–Kier alpha value is -3.26. The number of methoxy groups -OCH3 is 1. The summed E-state index contributed by atoms with van der Waals surface area (Å²) in [4.78, 5) is 23.1. The molecule has 148 valence electrons. The van der Waals surface area contributed by atoms with Crippen LogP contribution < -0.4 is 25.4 Å². The van der Waals surface area contributed by atoms with Gasteiger partial charge in [0, 0.05) is 5.56 Å². The Kier molecular flexibility index (Phi) is 7.65. The van der Waals surface area contributed by atoms with Gasteiger partial charge in [-0.05, 0) is 42.8 Å². The first-order valence-corrected chi connectivity index (χ1v) is 8.67. The quantitative estimate of drug-likeness (QED) is 0.491. The normalized spacial score (nSPS) is 10.5. The van der Waals surface area contributed by atoms with Crippen LogP contribution in [-0.2, 0) is 4.79 Å². The molecular weight excluding hydrogens is 386 g/mol. The standard InChI is InChI=1S/C19H20ClN3O5/c1-3-27-16-8-12(7-15(20)18(16)28-11-17(21)24)10-22-23-19(25)13-5-4-6-14(9-13)26-2/h4-10H,3,11H2,1-2H3,(H2,21,24)(H,23,25)/b22-10+. The molecule has 2 aromatic rings. The van der Waals surface area contributed by atoms with E-state index in [4.69, 9.17) is 31.5 Å². The summed E-state index contributed by atoms with van der Waals surface area (Å²) in [6.07, 6.45) is 1.41. The molecule has 0 aliphatic heterocycles. The summed E-state index contributed by atoms with van der Waals surface area (Å²) in [5.41, 5.74) is 8.47. The van der Waals surface area contributed by atoms with Crippen molar-refractivity contribution in [2.75, 3.05) is 20.3 Å². The minimum Gasteiger partial charge on any atom is -0.497 e. The number of nitrogens with two attached hydrogens (primary N) is 1. The maximum absolute atomic E-state index is 12.1. The van der Waals surface area contributed by atoms with Gasteiger partial charge in [-0.2, -0.15) is 5.10 Å². The molecule has 0 radical (unpaired) electrons. The molecule has 0 saturated carbocycles. The summed E-state index contributed by atoms with van der Waals surface area (Å²) >= 11 is 6.20. The number of carbonyl (C=O) groups excluding carboxylic acids is 2. The zero-order valence-electron chi connectivity index (χ0n) is 15.4. The Morgan fingerprint density at radius 1 is 1.25 bits per heavy atom. The summed E-state index contributed by atoms with van der Waals surface area (Å²) in [5.74, 6) is 0.0742. The van der Waals surface area contributed by atoms with Gasteiger partial charge in [0.15, 0.2) is 18.1 Å². The van der Waals surface area contributed by atoms with Crippen molar-refractivity contribution in [1.29, 1.82) is 0 Å². The van der Waals surface area contributed by atoms with E-state index < -0.39 is 11.8 Å². The minimum absolute atomic E-state index is 0.208.